The van der Waals surface area contributed by atoms with Crippen LogP contribution in [0.3, 0.4) is 0 Å². The minimum absolute atomic E-state index is 0.0163. The number of hydroxylamine groups is 2. The summed E-state index contributed by atoms with van der Waals surface area (Å²) >= 11 is 0. The van der Waals surface area contributed by atoms with Crippen molar-refractivity contribution in [3.63, 3.8) is 0 Å². The van der Waals surface area contributed by atoms with Crippen LogP contribution < -0.4 is 5.32 Å². The van der Waals surface area contributed by atoms with Crippen molar-refractivity contribution >= 4 is 12.1 Å². The van der Waals surface area contributed by atoms with Crippen LogP contribution in [0.5, 0.6) is 0 Å². The maximum atomic E-state index is 13.0. The van der Waals surface area contributed by atoms with Gasteiger partial charge in [0.1, 0.15) is 18.2 Å². The lowest BCUT2D eigenvalue weighted by Crippen LogP contribution is -2.42. The van der Waals surface area contributed by atoms with Crippen LogP contribution in [0.1, 0.15) is 69.8 Å². The van der Waals surface area contributed by atoms with Gasteiger partial charge in [0.15, 0.2) is 0 Å². The molecule has 10 nitrogen and oxygen atoms in total. The number of aromatic nitrogens is 2. The summed E-state index contributed by atoms with van der Waals surface area (Å²) in [6.45, 7) is 6.41. The van der Waals surface area contributed by atoms with Crippen molar-refractivity contribution in [3.8, 4) is 0 Å². The Balaban J connectivity index is 1.20. The van der Waals surface area contributed by atoms with E-state index in [1.54, 1.807) is 4.90 Å². The number of nitrogens with one attached hydrogen (secondary N) is 1. The highest BCUT2D eigenvalue weighted by atomic mass is 16.7. The van der Waals surface area contributed by atoms with E-state index in [4.69, 9.17) is 14.0 Å². The number of amides is 3. The second-order valence-corrected chi connectivity index (χ2v) is 10.4. The predicted molar refractivity (Wildman–Crippen MR) is 120 cm³/mol. The summed E-state index contributed by atoms with van der Waals surface area (Å²) in [5.74, 6) is 0.884. The molecule has 2 saturated heterocycles. The van der Waals surface area contributed by atoms with Gasteiger partial charge in [-0.1, -0.05) is 30.3 Å². The Labute approximate surface area is 198 Å². The molecular weight excluding hydrogens is 438 g/mol. The Morgan fingerprint density at radius 1 is 1.21 bits per heavy atom. The monoisotopic (exact) mass is 469 g/mol. The molecule has 2 aliphatic heterocycles. The van der Waals surface area contributed by atoms with Crippen LogP contribution >= 0.6 is 0 Å². The number of carbonyl (C=O) groups is 2. The first kappa shape index (κ1) is 22.6. The van der Waals surface area contributed by atoms with E-state index in [-0.39, 0.29) is 18.1 Å². The highest BCUT2D eigenvalue weighted by Gasteiger charge is 2.49. The van der Waals surface area contributed by atoms with Crippen LogP contribution in [0.2, 0.25) is 0 Å². The predicted octanol–water partition coefficient (Wildman–Crippen LogP) is 3.74. The quantitative estimate of drug-likeness (QED) is 0.658. The number of hydrogen-bond donors (Lipinski definition) is 1. The summed E-state index contributed by atoms with van der Waals surface area (Å²) in [6.07, 6.45) is 3.17. The van der Waals surface area contributed by atoms with Gasteiger partial charge >= 0.3 is 12.1 Å². The molecule has 10 heteroatoms. The summed E-state index contributed by atoms with van der Waals surface area (Å²) in [4.78, 5) is 32.9. The average Bonchev–Trinajstić information content (AvgIpc) is 3.28. The van der Waals surface area contributed by atoms with Gasteiger partial charge in [-0.3, -0.25) is 4.84 Å². The lowest BCUT2D eigenvalue weighted by molar-refractivity contribution is -0.140. The van der Waals surface area contributed by atoms with E-state index >= 15 is 0 Å². The number of alkyl carbamates (subject to hydrolysis) is 1. The molecule has 1 aliphatic carbocycles. The zero-order chi connectivity index (χ0) is 23.9. The third-order valence-electron chi connectivity index (χ3n) is 6.41. The Morgan fingerprint density at radius 3 is 2.68 bits per heavy atom. The van der Waals surface area contributed by atoms with Crippen molar-refractivity contribution in [3.05, 3.63) is 47.7 Å². The molecule has 34 heavy (non-hydrogen) atoms. The summed E-state index contributed by atoms with van der Waals surface area (Å²) < 4.78 is 11.4. The van der Waals surface area contributed by atoms with Crippen molar-refractivity contribution < 1.29 is 23.6 Å². The fraction of sp³-hybridized carbons (Fsp3) is 0.583. The molecule has 1 aromatic carbocycles. The van der Waals surface area contributed by atoms with Crippen LogP contribution in [0.15, 0.2) is 34.7 Å². The fourth-order valence-corrected chi connectivity index (χ4v) is 4.55. The zero-order valence-electron chi connectivity index (χ0n) is 19.8. The summed E-state index contributed by atoms with van der Waals surface area (Å²) in [7, 11) is 0. The minimum Gasteiger partial charge on any atom is -0.444 e. The van der Waals surface area contributed by atoms with Gasteiger partial charge in [0, 0.05) is 13.0 Å². The number of piperidine rings is 1. The fourth-order valence-electron chi connectivity index (χ4n) is 4.55. The molecule has 2 bridgehead atoms. The molecule has 0 spiro atoms. The first-order valence-electron chi connectivity index (χ1n) is 11.8. The Kier molecular flexibility index (Phi) is 5.71. The SMILES string of the molecule is CC(C)(C)OC(=O)NC1(Cc2nnc([C@@H]3CC[C@@H]4CN3C(=O)N4OCc3ccccc3)o2)CC1. The number of hydrogen-bond acceptors (Lipinski definition) is 7. The molecule has 3 aliphatic rings. The van der Waals surface area contributed by atoms with E-state index in [1.807, 2.05) is 51.1 Å². The van der Waals surface area contributed by atoms with E-state index in [1.165, 1.54) is 5.06 Å². The van der Waals surface area contributed by atoms with Crippen molar-refractivity contribution in [1.29, 1.82) is 0 Å². The van der Waals surface area contributed by atoms with E-state index < -0.39 is 17.2 Å². The number of nitrogens with zero attached hydrogens (tertiary/aromatic N) is 4. The number of fused-ring (bicyclic) bond motifs is 2. The average molecular weight is 470 g/mol. The number of carbonyl (C=O) groups excluding carboxylic acids is 2. The molecule has 2 aromatic rings. The minimum atomic E-state index is -0.558. The lowest BCUT2D eigenvalue weighted by Gasteiger charge is -2.27. The third-order valence-corrected chi connectivity index (χ3v) is 6.41. The second kappa shape index (κ2) is 8.57. The third kappa shape index (κ3) is 4.86. The summed E-state index contributed by atoms with van der Waals surface area (Å²) in [5.41, 5.74) is 0.0475. The Hall–Kier alpha value is -3.14. The standard InChI is InChI=1S/C24H31N5O5/c1-23(2,3)34-21(30)25-24(11-12-24)13-19-26-27-20(33-19)18-10-9-17-14-28(18)22(31)29(17)32-15-16-7-5-4-6-8-16/h4-8,17-18H,9-15H2,1-3H3,(H,25,30)/t17-,18+/m1/s1. The van der Waals surface area contributed by atoms with Gasteiger partial charge in [-0.15, -0.1) is 10.2 Å². The number of benzene rings is 1. The van der Waals surface area contributed by atoms with E-state index in [9.17, 15) is 9.59 Å². The van der Waals surface area contributed by atoms with Crippen molar-refractivity contribution in [1.82, 2.24) is 25.5 Å². The number of ether oxygens (including phenoxy) is 1. The molecule has 1 aromatic heterocycles. The van der Waals surface area contributed by atoms with E-state index in [0.29, 0.717) is 31.4 Å². The molecule has 1 N–H and O–H groups in total. The molecule has 0 unspecified atom stereocenters. The van der Waals surface area contributed by atoms with Crippen molar-refractivity contribution in [2.45, 2.75) is 82.7 Å². The van der Waals surface area contributed by atoms with Gasteiger partial charge in [0.2, 0.25) is 11.8 Å². The van der Waals surface area contributed by atoms with Gasteiger partial charge in [-0.05, 0) is 52.0 Å². The van der Waals surface area contributed by atoms with Crippen LogP contribution in [-0.2, 0) is 22.6 Å². The lowest BCUT2D eigenvalue weighted by atomic mass is 10.0. The summed E-state index contributed by atoms with van der Waals surface area (Å²) in [5, 5.41) is 12.9. The molecule has 3 fully saturated rings. The Morgan fingerprint density at radius 2 is 1.97 bits per heavy atom. The van der Waals surface area contributed by atoms with Crippen molar-refractivity contribution in [2.24, 2.45) is 0 Å². The molecule has 182 valence electrons. The largest absolute Gasteiger partial charge is 0.444 e. The van der Waals surface area contributed by atoms with Gasteiger partial charge < -0.3 is 19.4 Å². The van der Waals surface area contributed by atoms with Crippen LogP contribution in [0, 0.1) is 0 Å². The molecule has 3 heterocycles. The van der Waals surface area contributed by atoms with E-state index in [0.717, 1.165) is 31.2 Å². The van der Waals surface area contributed by atoms with Gasteiger partial charge in [0.25, 0.3) is 0 Å². The normalized spacial score (nSPS) is 23.2. The molecule has 0 radical (unpaired) electrons. The van der Waals surface area contributed by atoms with Crippen LogP contribution in [0.4, 0.5) is 9.59 Å². The number of rotatable bonds is 7. The second-order valence-electron chi connectivity index (χ2n) is 10.4. The van der Waals surface area contributed by atoms with Gasteiger partial charge in [0.05, 0.1) is 11.6 Å². The van der Waals surface area contributed by atoms with E-state index in [2.05, 4.69) is 15.5 Å². The molecule has 3 amide bonds. The maximum absolute atomic E-state index is 13.0. The molecule has 2 atom stereocenters. The molecule has 1 saturated carbocycles. The molecule has 5 rings (SSSR count). The topological polar surface area (TPSA) is 110 Å². The van der Waals surface area contributed by atoms with Crippen LogP contribution in [0.25, 0.3) is 0 Å². The first-order chi connectivity index (χ1) is 16.2. The van der Waals surface area contributed by atoms with Gasteiger partial charge in [-0.2, -0.15) is 5.06 Å². The first-order valence-corrected chi connectivity index (χ1v) is 11.8. The highest BCUT2D eigenvalue weighted by molar-refractivity contribution is 5.77. The van der Waals surface area contributed by atoms with Crippen LogP contribution in [-0.4, -0.2) is 56.0 Å². The zero-order valence-corrected chi connectivity index (χ0v) is 19.8. The number of urea groups is 1. The van der Waals surface area contributed by atoms with Gasteiger partial charge in [-0.25, -0.2) is 9.59 Å². The highest BCUT2D eigenvalue weighted by Crippen LogP contribution is 2.41. The smallest absolute Gasteiger partial charge is 0.408 e. The van der Waals surface area contributed by atoms with Crippen molar-refractivity contribution in [2.75, 3.05) is 6.54 Å². The molecular formula is C24H31N5O5. The summed E-state index contributed by atoms with van der Waals surface area (Å²) in [6, 6.07) is 9.36. The maximum Gasteiger partial charge on any atom is 0.408 e. The Bertz CT molecular complexity index is 1050.